The van der Waals surface area contributed by atoms with E-state index < -0.39 is 17.7 Å². The lowest BCUT2D eigenvalue weighted by Gasteiger charge is -2.32. The molecule has 1 atom stereocenters. The molecule has 2 rings (SSSR count). The molecule has 0 spiro atoms. The van der Waals surface area contributed by atoms with E-state index in [1.54, 1.807) is 0 Å². The van der Waals surface area contributed by atoms with Gasteiger partial charge < -0.3 is 5.73 Å². The maximum Gasteiger partial charge on any atom is 0.128 e. The average molecular weight is 296 g/mol. The molecule has 0 heterocycles. The van der Waals surface area contributed by atoms with E-state index in [0.717, 1.165) is 18.7 Å². The number of nitrogens with two attached hydrogens (primary N) is 1. The topological polar surface area (TPSA) is 29.3 Å². The van der Waals surface area contributed by atoms with Crippen LogP contribution in [0.4, 0.5) is 8.78 Å². The lowest BCUT2D eigenvalue weighted by atomic mass is 10.0. The summed E-state index contributed by atoms with van der Waals surface area (Å²) in [5.41, 5.74) is 6.44. The summed E-state index contributed by atoms with van der Waals surface area (Å²) in [5, 5.41) is 0. The van der Waals surface area contributed by atoms with Crippen LogP contribution < -0.4 is 5.73 Å². The van der Waals surface area contributed by atoms with Crippen molar-refractivity contribution in [3.63, 3.8) is 0 Å². The molecule has 0 saturated heterocycles. The second-order valence-corrected chi connectivity index (χ2v) is 6.56. The van der Waals surface area contributed by atoms with Crippen LogP contribution in [-0.4, -0.2) is 24.0 Å². The Morgan fingerprint density at radius 3 is 2.48 bits per heavy atom. The van der Waals surface area contributed by atoms with Crippen LogP contribution in [0, 0.1) is 17.6 Å². The number of nitrogens with zero attached hydrogens (tertiary/aromatic N) is 1. The van der Waals surface area contributed by atoms with Gasteiger partial charge >= 0.3 is 0 Å². The molecule has 118 valence electrons. The summed E-state index contributed by atoms with van der Waals surface area (Å²) >= 11 is 0. The normalized spacial score (nSPS) is 17.9. The Kier molecular flexibility index (Phi) is 5.71. The van der Waals surface area contributed by atoms with Gasteiger partial charge in [0.1, 0.15) is 11.6 Å². The molecular weight excluding hydrogens is 270 g/mol. The fourth-order valence-corrected chi connectivity index (χ4v) is 3.26. The summed E-state index contributed by atoms with van der Waals surface area (Å²) in [7, 11) is 0. The number of rotatable bonds is 6. The van der Waals surface area contributed by atoms with Crippen molar-refractivity contribution in [3.8, 4) is 0 Å². The van der Waals surface area contributed by atoms with Crippen molar-refractivity contribution in [1.29, 1.82) is 0 Å². The summed E-state index contributed by atoms with van der Waals surface area (Å²) in [6, 6.07) is 3.57. The predicted octanol–water partition coefficient (Wildman–Crippen LogP) is 3.87. The van der Waals surface area contributed by atoms with Crippen molar-refractivity contribution in [3.05, 3.63) is 35.4 Å². The zero-order valence-corrected chi connectivity index (χ0v) is 13.0. The van der Waals surface area contributed by atoms with Gasteiger partial charge in [-0.2, -0.15) is 0 Å². The van der Waals surface area contributed by atoms with Gasteiger partial charge in [0.25, 0.3) is 0 Å². The van der Waals surface area contributed by atoms with E-state index in [9.17, 15) is 8.78 Å². The van der Waals surface area contributed by atoms with Crippen LogP contribution in [0.3, 0.4) is 0 Å². The predicted molar refractivity (Wildman–Crippen MR) is 82.0 cm³/mol. The molecule has 4 heteroatoms. The zero-order chi connectivity index (χ0) is 15.4. The number of hydrogen-bond donors (Lipinski definition) is 1. The molecule has 1 aromatic rings. The van der Waals surface area contributed by atoms with Crippen molar-refractivity contribution < 1.29 is 8.78 Å². The van der Waals surface area contributed by atoms with Gasteiger partial charge in [0.2, 0.25) is 0 Å². The van der Waals surface area contributed by atoms with E-state index >= 15 is 0 Å². The quantitative estimate of drug-likeness (QED) is 0.863. The van der Waals surface area contributed by atoms with Gasteiger partial charge in [-0.05, 0) is 37.0 Å². The standard InChI is InChI=1S/C17H26F2N2/c1-12(2)10-21(14-5-3-4-6-14)11-17(20)15-9-13(18)7-8-16(15)19/h7-9,12,14,17H,3-6,10-11,20H2,1-2H3. The Hall–Kier alpha value is -1.00. The Morgan fingerprint density at radius 2 is 1.86 bits per heavy atom. The molecule has 1 aliphatic carbocycles. The lowest BCUT2D eigenvalue weighted by molar-refractivity contribution is 0.166. The Morgan fingerprint density at radius 1 is 1.19 bits per heavy atom. The molecule has 1 unspecified atom stereocenters. The van der Waals surface area contributed by atoms with Crippen LogP contribution >= 0.6 is 0 Å². The van der Waals surface area contributed by atoms with Gasteiger partial charge in [0.15, 0.2) is 0 Å². The van der Waals surface area contributed by atoms with Gasteiger partial charge in [0.05, 0.1) is 0 Å². The molecule has 21 heavy (non-hydrogen) atoms. The summed E-state index contributed by atoms with van der Waals surface area (Å²) < 4.78 is 27.2. The first kappa shape index (κ1) is 16.4. The average Bonchev–Trinajstić information content (AvgIpc) is 2.94. The first-order valence-electron chi connectivity index (χ1n) is 7.92. The molecule has 2 N–H and O–H groups in total. The van der Waals surface area contributed by atoms with Gasteiger partial charge in [0, 0.05) is 30.7 Å². The third-order valence-corrected chi connectivity index (χ3v) is 4.23. The van der Waals surface area contributed by atoms with E-state index in [1.807, 2.05) is 0 Å². The van der Waals surface area contributed by atoms with Crippen molar-refractivity contribution in [2.45, 2.75) is 51.6 Å². The first-order valence-corrected chi connectivity index (χ1v) is 7.92. The highest BCUT2D eigenvalue weighted by Gasteiger charge is 2.25. The first-order chi connectivity index (χ1) is 9.97. The molecule has 0 aliphatic heterocycles. The largest absolute Gasteiger partial charge is 0.323 e. The van der Waals surface area contributed by atoms with Crippen LogP contribution in [-0.2, 0) is 0 Å². The molecular formula is C17H26F2N2. The van der Waals surface area contributed by atoms with Gasteiger partial charge in [-0.15, -0.1) is 0 Å². The Bertz CT molecular complexity index is 456. The number of halogens is 2. The molecule has 0 radical (unpaired) electrons. The van der Waals surface area contributed by atoms with Crippen LogP contribution in [0.5, 0.6) is 0 Å². The fourth-order valence-electron chi connectivity index (χ4n) is 3.26. The number of hydrogen-bond acceptors (Lipinski definition) is 2. The molecule has 1 aromatic carbocycles. The molecule has 1 aliphatic rings. The van der Waals surface area contributed by atoms with E-state index in [2.05, 4.69) is 18.7 Å². The minimum atomic E-state index is -0.486. The van der Waals surface area contributed by atoms with Crippen molar-refractivity contribution in [2.75, 3.05) is 13.1 Å². The van der Waals surface area contributed by atoms with Crippen LogP contribution in [0.1, 0.15) is 51.1 Å². The van der Waals surface area contributed by atoms with Gasteiger partial charge in [-0.25, -0.2) is 8.78 Å². The SMILES string of the molecule is CC(C)CN(CC(N)c1cc(F)ccc1F)C1CCCC1. The zero-order valence-electron chi connectivity index (χ0n) is 13.0. The highest BCUT2D eigenvalue weighted by Crippen LogP contribution is 2.26. The summed E-state index contributed by atoms with van der Waals surface area (Å²) in [4.78, 5) is 2.37. The van der Waals surface area contributed by atoms with Crippen molar-refractivity contribution in [1.82, 2.24) is 4.90 Å². The van der Waals surface area contributed by atoms with Crippen LogP contribution in [0.2, 0.25) is 0 Å². The Balaban J connectivity index is 2.09. The maximum atomic E-state index is 13.8. The molecule has 1 saturated carbocycles. The van der Waals surface area contributed by atoms with Crippen LogP contribution in [0.25, 0.3) is 0 Å². The second-order valence-electron chi connectivity index (χ2n) is 6.56. The van der Waals surface area contributed by atoms with Crippen LogP contribution in [0.15, 0.2) is 18.2 Å². The van der Waals surface area contributed by atoms with Gasteiger partial charge in [-0.1, -0.05) is 26.7 Å². The minimum Gasteiger partial charge on any atom is -0.323 e. The van der Waals surface area contributed by atoms with E-state index in [4.69, 9.17) is 5.73 Å². The summed E-state index contributed by atoms with van der Waals surface area (Å²) in [6.07, 6.45) is 4.88. The minimum absolute atomic E-state index is 0.279. The molecule has 0 aromatic heterocycles. The van der Waals surface area contributed by atoms with E-state index in [1.165, 1.54) is 31.7 Å². The highest BCUT2D eigenvalue weighted by molar-refractivity contribution is 5.22. The van der Waals surface area contributed by atoms with Crippen molar-refractivity contribution in [2.24, 2.45) is 11.7 Å². The van der Waals surface area contributed by atoms with Gasteiger partial charge in [-0.3, -0.25) is 4.90 Å². The highest BCUT2D eigenvalue weighted by atomic mass is 19.1. The third-order valence-electron chi connectivity index (χ3n) is 4.23. The third kappa shape index (κ3) is 4.48. The second kappa shape index (κ2) is 7.32. The lowest BCUT2D eigenvalue weighted by Crippen LogP contribution is -2.41. The number of benzene rings is 1. The molecule has 2 nitrogen and oxygen atoms in total. The Labute approximate surface area is 126 Å². The molecule has 1 fully saturated rings. The smallest absolute Gasteiger partial charge is 0.128 e. The summed E-state index contributed by atoms with van der Waals surface area (Å²) in [5.74, 6) is -0.312. The van der Waals surface area contributed by atoms with Crippen molar-refractivity contribution >= 4 is 0 Å². The monoisotopic (exact) mass is 296 g/mol. The molecule has 0 bridgehead atoms. The van der Waals surface area contributed by atoms with E-state index in [-0.39, 0.29) is 5.56 Å². The fraction of sp³-hybridized carbons (Fsp3) is 0.647. The maximum absolute atomic E-state index is 13.8. The summed E-state index contributed by atoms with van der Waals surface area (Å²) in [6.45, 7) is 5.89. The van der Waals surface area contributed by atoms with E-state index in [0.29, 0.717) is 18.5 Å². The molecule has 0 amide bonds.